The topological polar surface area (TPSA) is 58.6 Å². The van der Waals surface area contributed by atoms with Crippen molar-refractivity contribution in [3.63, 3.8) is 0 Å². The Hall–Kier alpha value is -1.53. The van der Waals surface area contributed by atoms with Crippen molar-refractivity contribution >= 4 is 37.8 Å². The van der Waals surface area contributed by atoms with Gasteiger partial charge in [-0.1, -0.05) is 13.8 Å². The molecule has 0 bridgehead atoms. The van der Waals surface area contributed by atoms with Gasteiger partial charge in [0, 0.05) is 5.41 Å². The molecule has 0 amide bonds. The van der Waals surface area contributed by atoms with Gasteiger partial charge in [-0.3, -0.25) is 0 Å². The molecule has 0 heterocycles. The van der Waals surface area contributed by atoms with Crippen LogP contribution in [0.25, 0.3) is 0 Å². The molecule has 0 unspecified atom stereocenters. The third kappa shape index (κ3) is 3.87. The molecule has 0 atom stereocenters. The zero-order valence-electron chi connectivity index (χ0n) is 12.9. The highest BCUT2D eigenvalue weighted by Gasteiger charge is 2.24. The van der Waals surface area contributed by atoms with Crippen molar-refractivity contribution in [2.75, 3.05) is 7.11 Å². The number of carboxylic acid groups (broad SMARTS) is 1. The first-order valence-electron chi connectivity index (χ1n) is 6.78. The highest BCUT2D eigenvalue weighted by atomic mass is 79.9. The quantitative estimate of drug-likeness (QED) is 0.701. The summed E-state index contributed by atoms with van der Waals surface area (Å²) in [7, 11) is 1.60. The second-order valence-corrected chi connectivity index (χ2v) is 7.17. The van der Waals surface area contributed by atoms with Gasteiger partial charge in [-0.15, -0.1) is 0 Å². The molecule has 0 aromatic heterocycles. The molecule has 0 N–H and O–H groups in total. The lowest BCUT2D eigenvalue weighted by Gasteiger charge is -2.27. The Morgan fingerprint density at radius 1 is 1.04 bits per heavy atom. The number of carbonyl (C=O) groups excluding carboxylic acids is 1. The lowest BCUT2D eigenvalue weighted by atomic mass is 9.85. The van der Waals surface area contributed by atoms with Crippen LogP contribution in [0.1, 0.15) is 19.4 Å². The Labute approximate surface area is 151 Å². The van der Waals surface area contributed by atoms with E-state index in [0.717, 1.165) is 5.75 Å². The summed E-state index contributed by atoms with van der Waals surface area (Å²) in [5.74, 6) is 0.800. The van der Waals surface area contributed by atoms with E-state index in [1.807, 2.05) is 0 Å². The molecule has 0 saturated carbocycles. The second kappa shape index (κ2) is 6.93. The van der Waals surface area contributed by atoms with Gasteiger partial charge in [0.05, 0.1) is 22.0 Å². The van der Waals surface area contributed by atoms with Gasteiger partial charge in [-0.05, 0) is 73.8 Å². The van der Waals surface area contributed by atoms with Crippen LogP contribution in [0.15, 0.2) is 45.3 Å². The fourth-order valence-electron chi connectivity index (χ4n) is 1.90. The number of carboxylic acids is 1. The Kier molecular flexibility index (Phi) is 5.37. The smallest absolute Gasteiger partial charge is 0.155 e. The first-order valence-corrected chi connectivity index (χ1v) is 8.37. The maximum Gasteiger partial charge on any atom is 0.155 e. The van der Waals surface area contributed by atoms with E-state index in [1.165, 1.54) is 0 Å². The number of halogens is 2. The van der Waals surface area contributed by atoms with Crippen molar-refractivity contribution in [1.29, 1.82) is 0 Å². The highest BCUT2D eigenvalue weighted by molar-refractivity contribution is 9.11. The molecule has 0 saturated heterocycles. The van der Waals surface area contributed by atoms with Crippen LogP contribution in [-0.4, -0.2) is 13.1 Å². The minimum absolute atomic E-state index is 0.563. The minimum Gasteiger partial charge on any atom is -0.549 e. The van der Waals surface area contributed by atoms with Crippen LogP contribution in [0.5, 0.6) is 17.2 Å². The van der Waals surface area contributed by atoms with Crippen molar-refractivity contribution in [2.45, 2.75) is 19.3 Å². The van der Waals surface area contributed by atoms with E-state index in [4.69, 9.17) is 9.47 Å². The fourth-order valence-corrected chi connectivity index (χ4v) is 3.25. The maximum absolute atomic E-state index is 11.3. The molecular weight excluding hydrogens is 428 g/mol. The van der Waals surface area contributed by atoms with Crippen LogP contribution < -0.4 is 14.6 Å². The van der Waals surface area contributed by atoms with Gasteiger partial charge >= 0.3 is 0 Å². The van der Waals surface area contributed by atoms with Gasteiger partial charge < -0.3 is 19.4 Å². The molecule has 23 heavy (non-hydrogen) atoms. The average Bonchev–Trinajstić information content (AvgIpc) is 2.51. The van der Waals surface area contributed by atoms with Crippen LogP contribution >= 0.6 is 31.9 Å². The van der Waals surface area contributed by atoms with E-state index in [2.05, 4.69) is 31.9 Å². The SMILES string of the molecule is COc1ccc(Oc2c(Br)cc(C(C)(C)C(=O)[O-])cc2Br)cc1. The van der Waals surface area contributed by atoms with Gasteiger partial charge in [-0.25, -0.2) is 0 Å². The number of hydrogen-bond donors (Lipinski definition) is 0. The molecule has 6 heteroatoms. The van der Waals surface area contributed by atoms with Gasteiger partial charge in [0.1, 0.15) is 11.5 Å². The molecule has 0 aliphatic carbocycles. The van der Waals surface area contributed by atoms with Crippen molar-refractivity contribution in [2.24, 2.45) is 0 Å². The average molecular weight is 443 g/mol. The predicted molar refractivity (Wildman–Crippen MR) is 92.9 cm³/mol. The normalized spacial score (nSPS) is 11.2. The van der Waals surface area contributed by atoms with E-state index in [1.54, 1.807) is 57.4 Å². The Bertz CT molecular complexity index is 701. The van der Waals surface area contributed by atoms with Gasteiger partial charge in [0.15, 0.2) is 5.75 Å². The zero-order valence-corrected chi connectivity index (χ0v) is 16.0. The van der Waals surface area contributed by atoms with E-state index in [0.29, 0.717) is 26.0 Å². The molecule has 0 spiro atoms. The Morgan fingerprint density at radius 3 is 1.96 bits per heavy atom. The van der Waals surface area contributed by atoms with Gasteiger partial charge in [0.25, 0.3) is 0 Å². The number of ether oxygens (including phenoxy) is 2. The Morgan fingerprint density at radius 2 is 1.52 bits per heavy atom. The number of benzene rings is 2. The first-order chi connectivity index (χ1) is 10.8. The molecule has 2 aromatic rings. The minimum atomic E-state index is -1.14. The third-order valence-corrected chi connectivity index (χ3v) is 4.69. The summed E-state index contributed by atoms with van der Waals surface area (Å²) in [4.78, 5) is 11.3. The third-order valence-electron chi connectivity index (χ3n) is 3.51. The molecule has 122 valence electrons. The lowest BCUT2D eigenvalue weighted by molar-refractivity contribution is -0.312. The summed E-state index contributed by atoms with van der Waals surface area (Å²) in [6.45, 7) is 3.20. The zero-order chi connectivity index (χ0) is 17.2. The largest absolute Gasteiger partial charge is 0.549 e. The van der Waals surface area contributed by atoms with Crippen LogP contribution in [-0.2, 0) is 10.2 Å². The number of hydrogen-bond acceptors (Lipinski definition) is 4. The summed E-state index contributed by atoms with van der Waals surface area (Å²) >= 11 is 6.86. The number of carbonyl (C=O) groups is 1. The molecular formula is C17H15Br2O4-. The van der Waals surface area contributed by atoms with Gasteiger partial charge in [-0.2, -0.15) is 0 Å². The Balaban J connectivity index is 2.35. The molecule has 0 fully saturated rings. The predicted octanol–water partition coefficient (Wildman–Crippen LogP) is 4.04. The molecule has 4 nitrogen and oxygen atoms in total. The van der Waals surface area contributed by atoms with Crippen LogP contribution in [0.4, 0.5) is 0 Å². The maximum atomic E-state index is 11.3. The van der Waals surface area contributed by atoms with Crippen LogP contribution in [0, 0.1) is 0 Å². The molecule has 0 radical (unpaired) electrons. The summed E-state index contributed by atoms with van der Waals surface area (Å²) in [6, 6.07) is 10.6. The summed E-state index contributed by atoms with van der Waals surface area (Å²) in [6.07, 6.45) is 0. The van der Waals surface area contributed by atoms with E-state index in [9.17, 15) is 9.90 Å². The summed E-state index contributed by atoms with van der Waals surface area (Å²) in [5, 5.41) is 11.3. The van der Waals surface area contributed by atoms with Crippen LogP contribution in [0.3, 0.4) is 0 Å². The lowest BCUT2D eigenvalue weighted by Crippen LogP contribution is -2.41. The van der Waals surface area contributed by atoms with E-state index < -0.39 is 11.4 Å². The fraction of sp³-hybridized carbons (Fsp3) is 0.235. The highest BCUT2D eigenvalue weighted by Crippen LogP contribution is 2.40. The first kappa shape index (κ1) is 17.8. The molecule has 2 aromatic carbocycles. The van der Waals surface area contributed by atoms with E-state index in [-0.39, 0.29) is 0 Å². The van der Waals surface area contributed by atoms with Crippen molar-refractivity contribution < 1.29 is 19.4 Å². The summed E-state index contributed by atoms with van der Waals surface area (Å²) in [5.41, 5.74) is -0.498. The van der Waals surface area contributed by atoms with Crippen molar-refractivity contribution in [3.8, 4) is 17.2 Å². The van der Waals surface area contributed by atoms with Crippen molar-refractivity contribution in [1.82, 2.24) is 0 Å². The standard InChI is InChI=1S/C17H16Br2O4/c1-17(2,16(20)21)10-8-13(18)15(14(19)9-10)23-12-6-4-11(22-3)5-7-12/h4-9H,1-3H3,(H,20,21)/p-1. The summed E-state index contributed by atoms with van der Waals surface area (Å²) < 4.78 is 12.3. The molecule has 2 rings (SSSR count). The monoisotopic (exact) mass is 441 g/mol. The van der Waals surface area contributed by atoms with Crippen molar-refractivity contribution in [3.05, 3.63) is 50.9 Å². The van der Waals surface area contributed by atoms with Gasteiger partial charge in [0.2, 0.25) is 0 Å². The van der Waals surface area contributed by atoms with Crippen LogP contribution in [0.2, 0.25) is 0 Å². The number of aliphatic carboxylic acids is 1. The number of methoxy groups -OCH3 is 1. The molecule has 0 aliphatic heterocycles. The molecule has 0 aliphatic rings. The van der Waals surface area contributed by atoms with E-state index >= 15 is 0 Å². The second-order valence-electron chi connectivity index (χ2n) is 5.46. The number of rotatable bonds is 5.